The molecule has 7 heteroatoms. The van der Waals surface area contributed by atoms with E-state index >= 15 is 0 Å². The molecule has 0 saturated carbocycles. The molecule has 1 heterocycles. The van der Waals surface area contributed by atoms with E-state index in [9.17, 15) is 9.59 Å². The van der Waals surface area contributed by atoms with Crippen LogP contribution >= 0.6 is 0 Å². The lowest BCUT2D eigenvalue weighted by molar-refractivity contribution is -0.118. The number of anilines is 1. The number of carbonyl (C=O) groups is 2. The second kappa shape index (κ2) is 8.75. The van der Waals surface area contributed by atoms with E-state index in [0.29, 0.717) is 30.0 Å². The summed E-state index contributed by atoms with van der Waals surface area (Å²) < 4.78 is 7.18. The molecule has 1 amide bonds. The minimum absolute atomic E-state index is 0.0725. The lowest BCUT2D eigenvalue weighted by atomic mass is 10.1. The van der Waals surface area contributed by atoms with E-state index in [-0.39, 0.29) is 18.3 Å². The van der Waals surface area contributed by atoms with Gasteiger partial charge in [0.15, 0.2) is 12.4 Å². The summed E-state index contributed by atoms with van der Waals surface area (Å²) in [7, 11) is 0. The molecule has 0 saturated heterocycles. The number of hydrogen-bond donors (Lipinski definition) is 1. The maximum absolute atomic E-state index is 12.2. The van der Waals surface area contributed by atoms with Crippen LogP contribution in [0.3, 0.4) is 0 Å². The lowest BCUT2D eigenvalue weighted by Crippen LogP contribution is -2.21. The number of nitrogens with zero attached hydrogens (tertiary/aromatic N) is 3. The molecule has 3 aromatic rings. The Balaban J connectivity index is 1.57. The van der Waals surface area contributed by atoms with Gasteiger partial charge in [-0.3, -0.25) is 9.59 Å². The first-order valence-corrected chi connectivity index (χ1v) is 8.62. The summed E-state index contributed by atoms with van der Waals surface area (Å²) in [5, 5.41) is 6.93. The van der Waals surface area contributed by atoms with Gasteiger partial charge in [0, 0.05) is 17.7 Å². The van der Waals surface area contributed by atoms with Crippen LogP contribution in [0.2, 0.25) is 0 Å². The van der Waals surface area contributed by atoms with Crippen molar-refractivity contribution in [3.8, 4) is 5.75 Å². The number of para-hydroxylation sites is 1. The number of Topliss-reactive ketones (excluding diaryl/α,β-unsaturated/α-hetero) is 1. The average molecular weight is 364 g/mol. The van der Waals surface area contributed by atoms with E-state index < -0.39 is 0 Å². The van der Waals surface area contributed by atoms with Crippen LogP contribution in [-0.4, -0.2) is 33.1 Å². The molecule has 27 heavy (non-hydrogen) atoms. The number of benzene rings is 2. The first-order chi connectivity index (χ1) is 13.2. The molecular formula is C20H20N4O3. The van der Waals surface area contributed by atoms with Crippen LogP contribution in [0.1, 0.15) is 29.3 Å². The van der Waals surface area contributed by atoms with Crippen molar-refractivity contribution in [1.82, 2.24) is 14.8 Å². The zero-order chi connectivity index (χ0) is 19.1. The Bertz CT molecular complexity index is 905. The van der Waals surface area contributed by atoms with Crippen molar-refractivity contribution in [1.29, 1.82) is 0 Å². The standard InChI is InChI=1S/C20H20N4O3/c1-2-19(25)15-7-9-17(10-8-15)27-12-20(26)23-18-6-4-3-5-16(18)11-24-14-21-13-22-24/h3-10,13-14H,2,11-12H2,1H3,(H,23,26). The van der Waals surface area contributed by atoms with Gasteiger partial charge in [-0.15, -0.1) is 0 Å². The molecule has 0 radical (unpaired) electrons. The number of aromatic nitrogens is 3. The minimum atomic E-state index is -0.269. The quantitative estimate of drug-likeness (QED) is 0.621. The van der Waals surface area contributed by atoms with Crippen LogP contribution < -0.4 is 10.1 Å². The maximum Gasteiger partial charge on any atom is 0.262 e. The van der Waals surface area contributed by atoms with Gasteiger partial charge in [-0.25, -0.2) is 9.67 Å². The van der Waals surface area contributed by atoms with Gasteiger partial charge in [-0.2, -0.15) is 5.10 Å². The Kier molecular flexibility index (Phi) is 5.94. The van der Waals surface area contributed by atoms with Gasteiger partial charge < -0.3 is 10.1 Å². The summed E-state index contributed by atoms with van der Waals surface area (Å²) in [5.41, 5.74) is 2.25. The molecule has 1 N–H and O–H groups in total. The van der Waals surface area contributed by atoms with Crippen molar-refractivity contribution in [2.45, 2.75) is 19.9 Å². The van der Waals surface area contributed by atoms with Gasteiger partial charge in [0.25, 0.3) is 5.91 Å². The number of hydrogen-bond acceptors (Lipinski definition) is 5. The molecule has 2 aromatic carbocycles. The maximum atomic E-state index is 12.2. The summed E-state index contributed by atoms with van der Waals surface area (Å²) in [6.07, 6.45) is 3.54. The Morgan fingerprint density at radius 2 is 1.89 bits per heavy atom. The molecule has 3 rings (SSSR count). The number of ether oxygens (including phenoxy) is 1. The van der Waals surface area contributed by atoms with E-state index in [1.165, 1.54) is 6.33 Å². The third kappa shape index (κ3) is 5.01. The zero-order valence-electron chi connectivity index (χ0n) is 15.0. The van der Waals surface area contributed by atoms with Gasteiger partial charge in [0.2, 0.25) is 0 Å². The second-order valence-electron chi connectivity index (χ2n) is 5.89. The van der Waals surface area contributed by atoms with E-state index in [4.69, 9.17) is 4.74 Å². The second-order valence-corrected chi connectivity index (χ2v) is 5.89. The van der Waals surface area contributed by atoms with Crippen molar-refractivity contribution < 1.29 is 14.3 Å². The molecule has 0 unspecified atom stereocenters. The highest BCUT2D eigenvalue weighted by Crippen LogP contribution is 2.17. The van der Waals surface area contributed by atoms with Gasteiger partial charge in [-0.05, 0) is 35.9 Å². The number of nitrogens with one attached hydrogen (secondary N) is 1. The first-order valence-electron chi connectivity index (χ1n) is 8.62. The smallest absolute Gasteiger partial charge is 0.262 e. The molecule has 0 aliphatic carbocycles. The van der Waals surface area contributed by atoms with Crippen LogP contribution in [0.15, 0.2) is 61.2 Å². The largest absolute Gasteiger partial charge is 0.484 e. The molecule has 1 aromatic heterocycles. The average Bonchev–Trinajstić information content (AvgIpc) is 3.21. The normalized spacial score (nSPS) is 10.4. The molecule has 0 bridgehead atoms. The summed E-state index contributed by atoms with van der Waals surface area (Å²) in [6.45, 7) is 2.20. The van der Waals surface area contributed by atoms with Crippen molar-refractivity contribution in [2.24, 2.45) is 0 Å². The van der Waals surface area contributed by atoms with Gasteiger partial charge in [-0.1, -0.05) is 25.1 Å². The fourth-order valence-electron chi connectivity index (χ4n) is 2.55. The molecule has 0 fully saturated rings. The van der Waals surface area contributed by atoms with Crippen molar-refractivity contribution in [2.75, 3.05) is 11.9 Å². The van der Waals surface area contributed by atoms with Crippen LogP contribution in [0.4, 0.5) is 5.69 Å². The molecule has 0 aliphatic rings. The Morgan fingerprint density at radius 1 is 1.11 bits per heavy atom. The fourth-order valence-corrected chi connectivity index (χ4v) is 2.55. The van der Waals surface area contributed by atoms with Crippen LogP contribution in [0.25, 0.3) is 0 Å². The van der Waals surface area contributed by atoms with Crippen molar-refractivity contribution >= 4 is 17.4 Å². The Hall–Kier alpha value is -3.48. The zero-order valence-corrected chi connectivity index (χ0v) is 15.0. The fraction of sp³-hybridized carbons (Fsp3) is 0.200. The summed E-state index contributed by atoms with van der Waals surface area (Å²) >= 11 is 0. The lowest BCUT2D eigenvalue weighted by Gasteiger charge is -2.12. The minimum Gasteiger partial charge on any atom is -0.484 e. The summed E-state index contributed by atoms with van der Waals surface area (Å²) in [5.74, 6) is 0.340. The third-order valence-corrected chi connectivity index (χ3v) is 3.96. The SMILES string of the molecule is CCC(=O)c1ccc(OCC(=O)Nc2ccccc2Cn2cncn2)cc1. The Labute approximate surface area is 157 Å². The highest BCUT2D eigenvalue weighted by molar-refractivity contribution is 5.96. The van der Waals surface area contributed by atoms with Crippen molar-refractivity contribution in [3.63, 3.8) is 0 Å². The van der Waals surface area contributed by atoms with E-state index in [1.54, 1.807) is 35.3 Å². The monoisotopic (exact) mass is 364 g/mol. The number of rotatable bonds is 8. The number of ketones is 1. The van der Waals surface area contributed by atoms with Gasteiger partial charge in [0.05, 0.1) is 6.54 Å². The van der Waals surface area contributed by atoms with Crippen molar-refractivity contribution in [3.05, 3.63) is 72.3 Å². The predicted molar refractivity (Wildman–Crippen MR) is 101 cm³/mol. The Morgan fingerprint density at radius 3 is 2.59 bits per heavy atom. The third-order valence-electron chi connectivity index (χ3n) is 3.96. The molecule has 0 aliphatic heterocycles. The molecular weight excluding hydrogens is 344 g/mol. The van der Waals surface area contributed by atoms with E-state index in [2.05, 4.69) is 15.4 Å². The molecule has 0 atom stereocenters. The number of amides is 1. The van der Waals surface area contributed by atoms with Gasteiger partial charge in [0.1, 0.15) is 18.4 Å². The molecule has 0 spiro atoms. The topological polar surface area (TPSA) is 86.1 Å². The number of carbonyl (C=O) groups excluding carboxylic acids is 2. The highest BCUT2D eigenvalue weighted by Gasteiger charge is 2.09. The highest BCUT2D eigenvalue weighted by atomic mass is 16.5. The summed E-state index contributed by atoms with van der Waals surface area (Å²) in [6, 6.07) is 14.3. The van der Waals surface area contributed by atoms with Crippen LogP contribution in [0, 0.1) is 0 Å². The molecule has 138 valence electrons. The van der Waals surface area contributed by atoms with Gasteiger partial charge >= 0.3 is 0 Å². The summed E-state index contributed by atoms with van der Waals surface area (Å²) in [4.78, 5) is 27.8. The van der Waals surface area contributed by atoms with E-state index in [0.717, 1.165) is 5.56 Å². The van der Waals surface area contributed by atoms with Crippen LogP contribution in [-0.2, 0) is 11.3 Å². The predicted octanol–water partition coefficient (Wildman–Crippen LogP) is 2.94. The first kappa shape index (κ1) is 18.3. The van der Waals surface area contributed by atoms with Crippen LogP contribution in [0.5, 0.6) is 5.75 Å². The molecule has 7 nitrogen and oxygen atoms in total. The van der Waals surface area contributed by atoms with E-state index in [1.807, 2.05) is 31.2 Å².